The minimum Gasteiger partial charge on any atom is -0.374 e. The van der Waals surface area contributed by atoms with Gasteiger partial charge in [0, 0.05) is 38.6 Å². The van der Waals surface area contributed by atoms with E-state index in [9.17, 15) is 13.2 Å². The van der Waals surface area contributed by atoms with Crippen LogP contribution >= 0.6 is 0 Å². The van der Waals surface area contributed by atoms with Gasteiger partial charge in [-0.2, -0.15) is 13.2 Å². The first-order valence-corrected chi connectivity index (χ1v) is 4.84. The van der Waals surface area contributed by atoms with Gasteiger partial charge in [-0.3, -0.25) is 0 Å². The molecule has 0 spiro atoms. The lowest BCUT2D eigenvalue weighted by Gasteiger charge is -2.20. The average Bonchev–Trinajstić information content (AvgIpc) is 2.25. The average molecular weight is 233 g/mol. The first-order valence-electron chi connectivity index (χ1n) is 4.84. The molecule has 6 heteroatoms. The van der Waals surface area contributed by atoms with E-state index in [-0.39, 0.29) is 6.54 Å². The smallest absolute Gasteiger partial charge is 0.374 e. The van der Waals surface area contributed by atoms with Crippen LogP contribution in [-0.2, 0) is 0 Å². The maximum absolute atomic E-state index is 12.0. The third kappa shape index (κ3) is 3.96. The number of hydrogen-bond acceptors (Lipinski definition) is 3. The van der Waals surface area contributed by atoms with Gasteiger partial charge in [0.25, 0.3) is 0 Å². The number of aromatic nitrogens is 1. The molecule has 0 aliphatic heterocycles. The molecule has 16 heavy (non-hydrogen) atoms. The molecule has 1 heterocycles. The van der Waals surface area contributed by atoms with Crippen LogP contribution in [0.1, 0.15) is 6.42 Å². The highest BCUT2D eigenvalue weighted by molar-refractivity contribution is 5.53. The van der Waals surface area contributed by atoms with Gasteiger partial charge in [0.2, 0.25) is 0 Å². The van der Waals surface area contributed by atoms with Crippen molar-refractivity contribution < 1.29 is 13.2 Å². The van der Waals surface area contributed by atoms with Crippen molar-refractivity contribution >= 4 is 11.5 Å². The summed E-state index contributed by atoms with van der Waals surface area (Å²) in [6.45, 7) is -0.0589. The fraction of sp³-hybridized carbons (Fsp3) is 0.500. The third-order valence-electron chi connectivity index (χ3n) is 2.17. The predicted molar refractivity (Wildman–Crippen MR) is 57.7 cm³/mol. The summed E-state index contributed by atoms with van der Waals surface area (Å²) in [5.74, 6) is 0.636. The number of halogens is 3. The molecule has 0 fully saturated rings. The van der Waals surface area contributed by atoms with E-state index in [4.69, 9.17) is 0 Å². The van der Waals surface area contributed by atoms with Crippen LogP contribution in [0.4, 0.5) is 24.7 Å². The molecule has 0 aliphatic rings. The Kier molecular flexibility index (Phi) is 3.98. The highest BCUT2D eigenvalue weighted by Gasteiger charge is 2.27. The largest absolute Gasteiger partial charge is 0.390 e. The Bertz CT molecular complexity index is 338. The second-order valence-electron chi connectivity index (χ2n) is 3.44. The number of alkyl halides is 3. The van der Waals surface area contributed by atoms with E-state index in [1.807, 2.05) is 0 Å². The van der Waals surface area contributed by atoms with Crippen LogP contribution in [0, 0.1) is 0 Å². The first kappa shape index (κ1) is 12.6. The van der Waals surface area contributed by atoms with E-state index in [1.165, 1.54) is 0 Å². The van der Waals surface area contributed by atoms with Crippen molar-refractivity contribution in [1.29, 1.82) is 0 Å². The van der Waals surface area contributed by atoms with E-state index in [0.717, 1.165) is 0 Å². The number of nitrogens with one attached hydrogen (secondary N) is 1. The van der Waals surface area contributed by atoms with Gasteiger partial charge in [-0.1, -0.05) is 0 Å². The normalized spacial score (nSPS) is 11.3. The molecule has 3 nitrogen and oxygen atoms in total. The maximum Gasteiger partial charge on any atom is 0.390 e. The molecule has 0 aromatic carbocycles. The summed E-state index contributed by atoms with van der Waals surface area (Å²) in [7, 11) is 3.34. The molecule has 0 radical (unpaired) electrons. The highest BCUT2D eigenvalue weighted by Crippen LogP contribution is 2.22. The van der Waals surface area contributed by atoms with E-state index < -0.39 is 12.6 Å². The molecule has 90 valence electrons. The van der Waals surface area contributed by atoms with Crippen molar-refractivity contribution in [3.63, 3.8) is 0 Å². The molecular formula is C10H14F3N3. The van der Waals surface area contributed by atoms with Gasteiger partial charge in [-0.25, -0.2) is 4.98 Å². The summed E-state index contributed by atoms with van der Waals surface area (Å²) in [6, 6.07) is 3.38. The SMILES string of the molecule is CNc1cc(N(C)CCC(F)(F)F)ccn1. The lowest BCUT2D eigenvalue weighted by molar-refractivity contribution is -0.132. The van der Waals surface area contributed by atoms with Gasteiger partial charge in [0.15, 0.2) is 0 Å². The molecule has 0 saturated carbocycles. The van der Waals surface area contributed by atoms with E-state index in [0.29, 0.717) is 11.5 Å². The number of anilines is 2. The zero-order chi connectivity index (χ0) is 12.2. The van der Waals surface area contributed by atoms with Crippen LogP contribution in [0.15, 0.2) is 18.3 Å². The predicted octanol–water partition coefficient (Wildman–Crippen LogP) is 2.51. The highest BCUT2D eigenvalue weighted by atomic mass is 19.4. The number of rotatable bonds is 4. The molecule has 0 atom stereocenters. The Morgan fingerprint density at radius 2 is 2.12 bits per heavy atom. The van der Waals surface area contributed by atoms with Crippen LogP contribution in [-0.4, -0.2) is 31.8 Å². The lowest BCUT2D eigenvalue weighted by atomic mass is 10.3. The Hall–Kier alpha value is -1.46. The van der Waals surface area contributed by atoms with Crippen molar-refractivity contribution in [2.24, 2.45) is 0 Å². The Balaban J connectivity index is 2.62. The summed E-state index contributed by atoms with van der Waals surface area (Å²) >= 11 is 0. The van der Waals surface area contributed by atoms with Crippen LogP contribution in [0.2, 0.25) is 0 Å². The zero-order valence-electron chi connectivity index (χ0n) is 9.17. The van der Waals surface area contributed by atoms with Crippen molar-refractivity contribution in [3.8, 4) is 0 Å². The fourth-order valence-corrected chi connectivity index (χ4v) is 1.22. The van der Waals surface area contributed by atoms with Gasteiger partial charge in [-0.15, -0.1) is 0 Å². The van der Waals surface area contributed by atoms with E-state index >= 15 is 0 Å². The molecule has 0 aliphatic carbocycles. The minimum atomic E-state index is -4.12. The molecule has 0 saturated heterocycles. The molecule has 0 bridgehead atoms. The van der Waals surface area contributed by atoms with E-state index in [1.54, 1.807) is 37.3 Å². The fourth-order valence-electron chi connectivity index (χ4n) is 1.22. The zero-order valence-corrected chi connectivity index (χ0v) is 9.17. The third-order valence-corrected chi connectivity index (χ3v) is 2.17. The van der Waals surface area contributed by atoms with Crippen molar-refractivity contribution in [3.05, 3.63) is 18.3 Å². The molecular weight excluding hydrogens is 219 g/mol. The Morgan fingerprint density at radius 1 is 1.44 bits per heavy atom. The lowest BCUT2D eigenvalue weighted by Crippen LogP contribution is -2.24. The Labute approximate surface area is 92.3 Å². The van der Waals surface area contributed by atoms with Crippen molar-refractivity contribution in [2.45, 2.75) is 12.6 Å². The van der Waals surface area contributed by atoms with Crippen molar-refractivity contribution in [1.82, 2.24) is 4.98 Å². The number of nitrogens with zero attached hydrogens (tertiary/aromatic N) is 2. The molecule has 1 rings (SSSR count). The van der Waals surface area contributed by atoms with Gasteiger partial charge in [0.1, 0.15) is 5.82 Å². The van der Waals surface area contributed by atoms with Gasteiger partial charge in [-0.05, 0) is 6.07 Å². The molecule has 1 N–H and O–H groups in total. The quantitative estimate of drug-likeness (QED) is 0.866. The topological polar surface area (TPSA) is 28.2 Å². The summed E-state index contributed by atoms with van der Waals surface area (Å²) in [4.78, 5) is 5.54. The molecule has 0 unspecified atom stereocenters. The maximum atomic E-state index is 12.0. The van der Waals surface area contributed by atoms with Crippen LogP contribution < -0.4 is 10.2 Å². The monoisotopic (exact) mass is 233 g/mol. The van der Waals surface area contributed by atoms with Gasteiger partial charge < -0.3 is 10.2 Å². The summed E-state index contributed by atoms with van der Waals surface area (Å²) in [6.07, 6.45) is -3.38. The number of hydrogen-bond donors (Lipinski definition) is 1. The van der Waals surface area contributed by atoms with Gasteiger partial charge >= 0.3 is 6.18 Å². The van der Waals surface area contributed by atoms with Crippen molar-refractivity contribution in [2.75, 3.05) is 30.9 Å². The van der Waals surface area contributed by atoms with Crippen LogP contribution in [0.25, 0.3) is 0 Å². The second-order valence-corrected chi connectivity index (χ2v) is 3.44. The second kappa shape index (κ2) is 5.05. The summed E-state index contributed by atoms with van der Waals surface area (Å²) in [5, 5.41) is 2.83. The molecule has 1 aromatic heterocycles. The standard InChI is InChI=1S/C10H14F3N3/c1-14-9-7-8(3-5-15-9)16(2)6-4-10(11,12)13/h3,5,7H,4,6H2,1-2H3,(H,14,15). The van der Waals surface area contributed by atoms with Crippen LogP contribution in [0.3, 0.4) is 0 Å². The molecule has 0 amide bonds. The van der Waals surface area contributed by atoms with E-state index in [2.05, 4.69) is 10.3 Å². The minimum absolute atomic E-state index is 0.0589. The Morgan fingerprint density at radius 3 is 2.69 bits per heavy atom. The number of pyridine rings is 1. The van der Waals surface area contributed by atoms with Crippen LogP contribution in [0.5, 0.6) is 0 Å². The van der Waals surface area contributed by atoms with Gasteiger partial charge in [0.05, 0.1) is 6.42 Å². The molecule has 1 aromatic rings. The first-order chi connectivity index (χ1) is 7.42. The summed E-state index contributed by atoms with van der Waals surface area (Å²) in [5.41, 5.74) is 0.712. The summed E-state index contributed by atoms with van der Waals surface area (Å²) < 4.78 is 36.1.